The molecule has 0 aliphatic rings. The van der Waals surface area contributed by atoms with E-state index in [4.69, 9.17) is 5.73 Å². The van der Waals surface area contributed by atoms with Gasteiger partial charge in [0.25, 0.3) is 0 Å². The van der Waals surface area contributed by atoms with Gasteiger partial charge in [-0.05, 0) is 11.5 Å². The quantitative estimate of drug-likeness (QED) is 0.669. The lowest BCUT2D eigenvalue weighted by Gasteiger charge is -2.07. The van der Waals surface area contributed by atoms with Gasteiger partial charge in [0.2, 0.25) is 0 Å². The first-order chi connectivity index (χ1) is 7.86. The highest BCUT2D eigenvalue weighted by molar-refractivity contribution is 5.90. The van der Waals surface area contributed by atoms with Gasteiger partial charge in [0.05, 0.1) is 11.9 Å². The van der Waals surface area contributed by atoms with E-state index < -0.39 is 0 Å². The van der Waals surface area contributed by atoms with Gasteiger partial charge in [-0.3, -0.25) is 0 Å². The van der Waals surface area contributed by atoms with Crippen molar-refractivity contribution in [2.45, 2.75) is 0 Å². The minimum absolute atomic E-state index is 0.649. The first-order valence-electron chi connectivity index (χ1n) is 5.14. The van der Waals surface area contributed by atoms with Crippen molar-refractivity contribution in [3.05, 3.63) is 54.7 Å². The summed E-state index contributed by atoms with van der Waals surface area (Å²) < 4.78 is 1.75. The van der Waals surface area contributed by atoms with E-state index in [-0.39, 0.29) is 0 Å². The number of fused-ring (bicyclic) bond motifs is 1. The van der Waals surface area contributed by atoms with E-state index in [0.717, 1.165) is 11.1 Å². The van der Waals surface area contributed by atoms with Crippen molar-refractivity contribution < 1.29 is 0 Å². The molecule has 0 fully saturated rings. The lowest BCUT2D eigenvalue weighted by Crippen LogP contribution is -2.01. The summed E-state index contributed by atoms with van der Waals surface area (Å²) in [6, 6.07) is 16.1. The number of aromatic nitrogens is 2. The molecule has 3 rings (SSSR count). The molecule has 0 aliphatic carbocycles. The number of hydrogen-bond donors (Lipinski definition) is 1. The minimum atomic E-state index is 0.649. The first-order valence-corrected chi connectivity index (χ1v) is 5.14. The molecule has 0 amide bonds. The van der Waals surface area contributed by atoms with Crippen molar-refractivity contribution in [3.8, 4) is 5.69 Å². The maximum atomic E-state index is 5.86. The smallest absolute Gasteiger partial charge is 0.127 e. The Labute approximate surface area is 93.1 Å². The zero-order chi connectivity index (χ0) is 11.0. The predicted molar refractivity (Wildman–Crippen MR) is 65.5 cm³/mol. The van der Waals surface area contributed by atoms with Gasteiger partial charge >= 0.3 is 0 Å². The molecule has 78 valence electrons. The van der Waals surface area contributed by atoms with E-state index in [2.05, 4.69) is 23.3 Å². The fourth-order valence-corrected chi connectivity index (χ4v) is 1.91. The van der Waals surface area contributed by atoms with Crippen molar-refractivity contribution >= 4 is 16.6 Å². The normalized spacial score (nSPS) is 10.8. The molecular weight excluding hydrogens is 198 g/mol. The van der Waals surface area contributed by atoms with Gasteiger partial charge in [-0.25, -0.2) is 4.68 Å². The summed E-state index contributed by atoms with van der Waals surface area (Å²) in [5.74, 6) is 0.649. The van der Waals surface area contributed by atoms with Crippen molar-refractivity contribution in [1.82, 2.24) is 9.78 Å². The van der Waals surface area contributed by atoms with E-state index in [1.807, 2.05) is 24.3 Å². The molecule has 3 nitrogen and oxygen atoms in total. The number of nitrogens with two attached hydrogens (primary N) is 1. The standard InChI is InChI=1S/C13H11N3/c14-13-8-9-15-16(13)12-7-3-5-10-4-1-2-6-11(10)12/h1-9H,14H2. The van der Waals surface area contributed by atoms with Crippen LogP contribution >= 0.6 is 0 Å². The number of rotatable bonds is 1. The van der Waals surface area contributed by atoms with E-state index >= 15 is 0 Å². The molecule has 2 aromatic carbocycles. The second-order valence-corrected chi connectivity index (χ2v) is 3.67. The van der Waals surface area contributed by atoms with Crippen LogP contribution in [0.15, 0.2) is 54.7 Å². The van der Waals surface area contributed by atoms with Crippen molar-refractivity contribution in [2.24, 2.45) is 0 Å². The van der Waals surface area contributed by atoms with Gasteiger partial charge in [-0.1, -0.05) is 36.4 Å². The average molecular weight is 209 g/mol. The molecule has 2 N–H and O–H groups in total. The van der Waals surface area contributed by atoms with Crippen molar-refractivity contribution in [3.63, 3.8) is 0 Å². The largest absolute Gasteiger partial charge is 0.384 e. The van der Waals surface area contributed by atoms with Crippen LogP contribution in [0.25, 0.3) is 16.5 Å². The molecule has 1 heterocycles. The molecule has 0 aliphatic heterocycles. The molecule has 0 bridgehead atoms. The number of benzene rings is 2. The minimum Gasteiger partial charge on any atom is -0.384 e. The second kappa shape index (κ2) is 3.38. The van der Waals surface area contributed by atoms with E-state index in [1.165, 1.54) is 5.39 Å². The molecule has 0 atom stereocenters. The Hall–Kier alpha value is -2.29. The second-order valence-electron chi connectivity index (χ2n) is 3.67. The molecule has 0 spiro atoms. The van der Waals surface area contributed by atoms with Crippen LogP contribution in [0.5, 0.6) is 0 Å². The number of hydrogen-bond acceptors (Lipinski definition) is 2. The van der Waals surface area contributed by atoms with Crippen LogP contribution in [-0.2, 0) is 0 Å². The molecule has 0 saturated carbocycles. The van der Waals surface area contributed by atoms with E-state index in [1.54, 1.807) is 16.9 Å². The van der Waals surface area contributed by atoms with Crippen LogP contribution in [-0.4, -0.2) is 9.78 Å². The molecule has 1 aromatic heterocycles. The molecule has 3 aromatic rings. The van der Waals surface area contributed by atoms with Gasteiger partial charge in [0, 0.05) is 11.5 Å². The van der Waals surface area contributed by atoms with Crippen molar-refractivity contribution in [2.75, 3.05) is 5.73 Å². The van der Waals surface area contributed by atoms with Crippen LogP contribution < -0.4 is 5.73 Å². The highest BCUT2D eigenvalue weighted by Crippen LogP contribution is 2.23. The van der Waals surface area contributed by atoms with Crippen LogP contribution in [0, 0.1) is 0 Å². The number of nitrogen functional groups attached to an aromatic ring is 1. The molecular formula is C13H11N3. The van der Waals surface area contributed by atoms with Crippen molar-refractivity contribution in [1.29, 1.82) is 0 Å². The summed E-state index contributed by atoms with van der Waals surface area (Å²) in [6.45, 7) is 0. The molecule has 0 unspecified atom stereocenters. The SMILES string of the molecule is Nc1ccnn1-c1cccc2ccccc12. The van der Waals surface area contributed by atoms with Crippen LogP contribution in [0.2, 0.25) is 0 Å². The van der Waals surface area contributed by atoms with Crippen LogP contribution in [0.4, 0.5) is 5.82 Å². The van der Waals surface area contributed by atoms with E-state index in [9.17, 15) is 0 Å². The number of nitrogens with zero attached hydrogens (tertiary/aromatic N) is 2. The first kappa shape index (κ1) is 8.97. The summed E-state index contributed by atoms with van der Waals surface area (Å²) in [6.07, 6.45) is 1.71. The average Bonchev–Trinajstić information content (AvgIpc) is 2.75. The third kappa shape index (κ3) is 1.26. The van der Waals surface area contributed by atoms with Gasteiger partial charge in [0.15, 0.2) is 0 Å². The summed E-state index contributed by atoms with van der Waals surface area (Å²) in [7, 11) is 0. The molecule has 0 saturated heterocycles. The van der Waals surface area contributed by atoms with Gasteiger partial charge < -0.3 is 5.73 Å². The Bertz CT molecular complexity index is 635. The maximum absolute atomic E-state index is 5.86. The van der Waals surface area contributed by atoms with Gasteiger partial charge in [0.1, 0.15) is 5.82 Å². The van der Waals surface area contributed by atoms with Crippen LogP contribution in [0.1, 0.15) is 0 Å². The van der Waals surface area contributed by atoms with E-state index in [0.29, 0.717) is 5.82 Å². The topological polar surface area (TPSA) is 43.8 Å². The highest BCUT2D eigenvalue weighted by Gasteiger charge is 2.05. The third-order valence-corrected chi connectivity index (χ3v) is 2.67. The summed E-state index contributed by atoms with van der Waals surface area (Å²) in [4.78, 5) is 0. The summed E-state index contributed by atoms with van der Waals surface area (Å²) in [5.41, 5.74) is 6.88. The van der Waals surface area contributed by atoms with Crippen LogP contribution in [0.3, 0.4) is 0 Å². The Morgan fingerprint density at radius 3 is 2.56 bits per heavy atom. The lowest BCUT2D eigenvalue weighted by molar-refractivity contribution is 0.898. The lowest BCUT2D eigenvalue weighted by atomic mass is 10.1. The molecule has 16 heavy (non-hydrogen) atoms. The molecule has 3 heteroatoms. The maximum Gasteiger partial charge on any atom is 0.127 e. The summed E-state index contributed by atoms with van der Waals surface area (Å²) in [5, 5.41) is 6.57. The van der Waals surface area contributed by atoms with Gasteiger partial charge in [-0.15, -0.1) is 0 Å². The molecule has 0 radical (unpaired) electrons. The Morgan fingerprint density at radius 1 is 0.938 bits per heavy atom. The monoisotopic (exact) mass is 209 g/mol. The highest BCUT2D eigenvalue weighted by atomic mass is 15.3. The fraction of sp³-hybridized carbons (Fsp3) is 0. The zero-order valence-electron chi connectivity index (χ0n) is 8.67. The fourth-order valence-electron chi connectivity index (χ4n) is 1.91. The Morgan fingerprint density at radius 2 is 1.75 bits per heavy atom. The predicted octanol–water partition coefficient (Wildman–Crippen LogP) is 2.61. The Balaban J connectivity index is 2.36. The third-order valence-electron chi connectivity index (χ3n) is 2.67. The van der Waals surface area contributed by atoms with Gasteiger partial charge in [-0.2, -0.15) is 5.10 Å². The Kier molecular flexibility index (Phi) is 1.90. The summed E-state index contributed by atoms with van der Waals surface area (Å²) >= 11 is 0. The number of anilines is 1. The zero-order valence-corrected chi connectivity index (χ0v) is 8.67.